The van der Waals surface area contributed by atoms with Gasteiger partial charge < -0.3 is 26.2 Å². The van der Waals surface area contributed by atoms with Crippen LogP contribution in [-0.2, 0) is 31.9 Å². The third kappa shape index (κ3) is 13.0. The van der Waals surface area contributed by atoms with Crippen molar-refractivity contribution in [3.05, 3.63) is 101 Å². The summed E-state index contributed by atoms with van der Waals surface area (Å²) < 4.78 is 27.5. The number of anilines is 1. The number of hydrogen-bond acceptors (Lipinski definition) is 7. The van der Waals surface area contributed by atoms with Crippen molar-refractivity contribution in [1.29, 1.82) is 0 Å². The van der Waals surface area contributed by atoms with Crippen LogP contribution < -0.4 is 20.3 Å². The number of carboxylic acids is 1. The van der Waals surface area contributed by atoms with Gasteiger partial charge in [0.15, 0.2) is 0 Å². The van der Waals surface area contributed by atoms with E-state index >= 15 is 0 Å². The molecule has 0 saturated heterocycles. The van der Waals surface area contributed by atoms with Crippen molar-refractivity contribution in [2.75, 3.05) is 11.4 Å². The molecule has 3 rings (SSSR count). The van der Waals surface area contributed by atoms with Crippen LogP contribution in [0.3, 0.4) is 0 Å². The third-order valence-electron chi connectivity index (χ3n) is 9.04. The van der Waals surface area contributed by atoms with Crippen LogP contribution in [0.15, 0.2) is 78.9 Å². The standard InChI is InChI=1S/C40H54N4O8S/c1-7-12-31(38(47)43-36(27(4)5)39(48)41-24-28-17-19-30(20-18-28)40(49)50)23-35(45)34(21-26(2)3)42-37(46)32-15-11-16-33(22-32)44(6)53(51,52)25-29-13-9-8-10-14-29/h8-11,13-20,22,26-27,31,34-36,45H,7,12,21,23-25H2,1-6H3,(H,41,48)(H,42,46)(H,43,47)(H,49,50)/t31-,34+,35+,36+/m1/s1. The molecule has 0 fully saturated rings. The van der Waals surface area contributed by atoms with Crippen LogP contribution in [0.2, 0.25) is 0 Å². The van der Waals surface area contributed by atoms with Gasteiger partial charge in [-0.25, -0.2) is 13.2 Å². The molecule has 5 N–H and O–H groups in total. The van der Waals surface area contributed by atoms with E-state index in [0.717, 1.165) is 4.31 Å². The van der Waals surface area contributed by atoms with E-state index in [9.17, 15) is 32.7 Å². The molecule has 0 radical (unpaired) electrons. The molecule has 53 heavy (non-hydrogen) atoms. The zero-order chi connectivity index (χ0) is 39.3. The number of benzene rings is 3. The molecule has 3 aromatic rings. The van der Waals surface area contributed by atoms with Crippen LogP contribution in [0, 0.1) is 17.8 Å². The largest absolute Gasteiger partial charge is 0.478 e. The van der Waals surface area contributed by atoms with Gasteiger partial charge in [0.05, 0.1) is 29.1 Å². The van der Waals surface area contributed by atoms with Gasteiger partial charge in [0.1, 0.15) is 6.04 Å². The first-order valence-corrected chi connectivity index (χ1v) is 19.6. The summed E-state index contributed by atoms with van der Waals surface area (Å²) in [5.41, 5.74) is 2.01. The van der Waals surface area contributed by atoms with Gasteiger partial charge in [0.25, 0.3) is 5.91 Å². The van der Waals surface area contributed by atoms with Gasteiger partial charge in [-0.3, -0.25) is 18.7 Å². The molecule has 0 aliphatic carbocycles. The Bertz CT molecular complexity index is 1780. The average molecular weight is 751 g/mol. The summed E-state index contributed by atoms with van der Waals surface area (Å²) in [5, 5.41) is 29.3. The number of rotatable bonds is 20. The first kappa shape index (κ1) is 42.7. The Morgan fingerprint density at radius 2 is 1.45 bits per heavy atom. The number of amides is 3. The maximum absolute atomic E-state index is 13.7. The van der Waals surface area contributed by atoms with E-state index in [1.54, 1.807) is 54.6 Å². The van der Waals surface area contributed by atoms with Gasteiger partial charge in [0, 0.05) is 25.1 Å². The van der Waals surface area contributed by atoms with E-state index in [-0.39, 0.29) is 47.6 Å². The summed E-state index contributed by atoms with van der Waals surface area (Å²) in [6.07, 6.45) is 0.452. The average Bonchev–Trinajstić information content (AvgIpc) is 3.11. The number of sulfonamides is 1. The normalized spacial score (nSPS) is 13.8. The zero-order valence-corrected chi connectivity index (χ0v) is 32.2. The molecule has 0 heterocycles. The third-order valence-corrected chi connectivity index (χ3v) is 10.8. The van der Waals surface area contributed by atoms with Crippen LogP contribution in [-0.4, -0.2) is 67.6 Å². The van der Waals surface area contributed by atoms with E-state index < -0.39 is 51.9 Å². The number of nitrogens with one attached hydrogen (secondary N) is 3. The number of hydrogen-bond donors (Lipinski definition) is 5. The number of carbonyl (C=O) groups excluding carboxylic acids is 3. The minimum Gasteiger partial charge on any atom is -0.478 e. The first-order chi connectivity index (χ1) is 25.0. The number of carbonyl (C=O) groups is 4. The van der Waals surface area contributed by atoms with Crippen LogP contribution in [0.5, 0.6) is 0 Å². The topological polar surface area (TPSA) is 182 Å². The fourth-order valence-electron chi connectivity index (χ4n) is 5.99. The second-order valence-electron chi connectivity index (χ2n) is 14.2. The predicted octanol–water partition coefficient (Wildman–Crippen LogP) is 5.12. The molecule has 4 atom stereocenters. The molecule has 12 nitrogen and oxygen atoms in total. The van der Waals surface area contributed by atoms with Gasteiger partial charge in [-0.2, -0.15) is 0 Å². The molecule has 0 aliphatic rings. The van der Waals surface area contributed by atoms with E-state index in [0.29, 0.717) is 36.1 Å². The quantitative estimate of drug-likeness (QED) is 0.106. The lowest BCUT2D eigenvalue weighted by atomic mass is 9.88. The lowest BCUT2D eigenvalue weighted by Crippen LogP contribution is -2.52. The van der Waals surface area contributed by atoms with Crippen molar-refractivity contribution >= 4 is 39.4 Å². The Labute approximate surface area is 313 Å². The minimum atomic E-state index is -3.75. The molecule has 288 valence electrons. The van der Waals surface area contributed by atoms with Crippen molar-refractivity contribution in [2.45, 2.75) is 90.8 Å². The molecule has 0 aromatic heterocycles. The molecule has 3 amide bonds. The number of carboxylic acid groups (broad SMARTS) is 1. The minimum absolute atomic E-state index is 0.0419. The van der Waals surface area contributed by atoms with Gasteiger partial charge in [-0.05, 0) is 72.6 Å². The van der Waals surface area contributed by atoms with Crippen LogP contribution in [0.1, 0.15) is 92.1 Å². The smallest absolute Gasteiger partial charge is 0.335 e. The number of nitrogens with zero attached hydrogens (tertiary/aromatic N) is 1. The van der Waals surface area contributed by atoms with Crippen LogP contribution in [0.4, 0.5) is 5.69 Å². The Kier molecular flexibility index (Phi) is 16.0. The molecular weight excluding hydrogens is 697 g/mol. The van der Waals surface area contributed by atoms with Crippen LogP contribution >= 0.6 is 0 Å². The Morgan fingerprint density at radius 3 is 2.04 bits per heavy atom. The molecule has 0 spiro atoms. The summed E-state index contributed by atoms with van der Waals surface area (Å²) in [4.78, 5) is 51.6. The van der Waals surface area contributed by atoms with Gasteiger partial charge >= 0.3 is 5.97 Å². The fourth-order valence-corrected chi connectivity index (χ4v) is 7.23. The maximum atomic E-state index is 13.7. The monoisotopic (exact) mass is 750 g/mol. The number of aliphatic hydroxyl groups is 1. The predicted molar refractivity (Wildman–Crippen MR) is 206 cm³/mol. The van der Waals surface area contributed by atoms with E-state index in [2.05, 4.69) is 16.0 Å². The highest BCUT2D eigenvalue weighted by Crippen LogP contribution is 2.23. The Morgan fingerprint density at radius 1 is 0.792 bits per heavy atom. The van der Waals surface area contributed by atoms with Crippen LogP contribution in [0.25, 0.3) is 0 Å². The van der Waals surface area contributed by atoms with Gasteiger partial charge in [-0.15, -0.1) is 0 Å². The summed E-state index contributed by atoms with van der Waals surface area (Å²) >= 11 is 0. The molecule has 0 unspecified atom stereocenters. The highest BCUT2D eigenvalue weighted by atomic mass is 32.2. The first-order valence-electron chi connectivity index (χ1n) is 18.0. The zero-order valence-electron chi connectivity index (χ0n) is 31.4. The molecule has 0 aliphatic heterocycles. The Balaban J connectivity index is 1.70. The lowest BCUT2D eigenvalue weighted by molar-refractivity contribution is -0.133. The van der Waals surface area contributed by atoms with Crippen molar-refractivity contribution in [3.63, 3.8) is 0 Å². The van der Waals surface area contributed by atoms with Crippen molar-refractivity contribution < 1.29 is 37.8 Å². The van der Waals surface area contributed by atoms with E-state index in [1.165, 1.54) is 25.2 Å². The van der Waals surface area contributed by atoms with Crippen molar-refractivity contribution in [1.82, 2.24) is 16.0 Å². The number of aliphatic hydroxyl groups excluding tert-OH is 1. The lowest BCUT2D eigenvalue weighted by Gasteiger charge is -2.30. The molecule has 0 bridgehead atoms. The second kappa shape index (κ2) is 19.9. The Hall–Kier alpha value is -4.75. The summed E-state index contributed by atoms with van der Waals surface area (Å²) in [5.74, 6) is -3.33. The summed E-state index contributed by atoms with van der Waals surface area (Å²) in [6.45, 7) is 9.62. The second-order valence-corrected chi connectivity index (χ2v) is 16.2. The van der Waals surface area contributed by atoms with E-state index in [4.69, 9.17) is 5.11 Å². The van der Waals surface area contributed by atoms with E-state index in [1.807, 2.05) is 40.7 Å². The summed E-state index contributed by atoms with van der Waals surface area (Å²) in [7, 11) is -2.31. The number of aromatic carboxylic acids is 1. The maximum Gasteiger partial charge on any atom is 0.335 e. The molecular formula is C40H54N4O8S. The molecule has 0 saturated carbocycles. The highest BCUT2D eigenvalue weighted by Gasteiger charge is 2.32. The summed E-state index contributed by atoms with van der Waals surface area (Å²) in [6, 6.07) is 19.7. The van der Waals surface area contributed by atoms with Gasteiger partial charge in [-0.1, -0.05) is 89.6 Å². The molecule has 13 heteroatoms. The van der Waals surface area contributed by atoms with Crippen molar-refractivity contribution in [3.8, 4) is 0 Å². The SMILES string of the molecule is CCC[C@H](C[C@H](O)[C@H](CC(C)C)NC(=O)c1cccc(N(C)S(=O)(=O)Cc2ccccc2)c1)C(=O)N[C@H](C(=O)NCc1ccc(C(=O)O)cc1)C(C)C. The van der Waals surface area contributed by atoms with Crippen molar-refractivity contribution in [2.24, 2.45) is 17.8 Å². The molecule has 3 aromatic carbocycles. The fraction of sp³-hybridized carbons (Fsp3) is 0.450. The van der Waals surface area contributed by atoms with Gasteiger partial charge in [0.2, 0.25) is 21.8 Å². The highest BCUT2D eigenvalue weighted by molar-refractivity contribution is 7.92.